The Kier molecular flexibility index (Phi) is 4.65. The van der Waals surface area contributed by atoms with E-state index >= 15 is 0 Å². The summed E-state index contributed by atoms with van der Waals surface area (Å²) in [5, 5.41) is 2.28. The lowest BCUT2D eigenvalue weighted by Gasteiger charge is -2.03. The van der Waals surface area contributed by atoms with Crippen molar-refractivity contribution in [1.29, 1.82) is 0 Å². The Hall–Kier alpha value is -3.50. The highest BCUT2D eigenvalue weighted by molar-refractivity contribution is 7.89. The van der Waals surface area contributed by atoms with Gasteiger partial charge in [-0.05, 0) is 49.5 Å². The molecule has 10 heteroatoms. The molecule has 0 radical (unpaired) electrons. The van der Waals surface area contributed by atoms with Gasteiger partial charge >= 0.3 is 0 Å². The first-order valence-electron chi connectivity index (χ1n) is 8.46. The van der Waals surface area contributed by atoms with E-state index < -0.39 is 15.9 Å². The summed E-state index contributed by atoms with van der Waals surface area (Å²) in [6.07, 6.45) is 0. The van der Waals surface area contributed by atoms with Crippen molar-refractivity contribution >= 4 is 32.7 Å². The molecule has 1 amide bonds. The second-order valence-corrected chi connectivity index (χ2v) is 7.93. The predicted molar refractivity (Wildman–Crippen MR) is 104 cm³/mol. The molecule has 0 bridgehead atoms. The van der Waals surface area contributed by atoms with Crippen LogP contribution in [0.5, 0.6) is 0 Å². The van der Waals surface area contributed by atoms with Gasteiger partial charge in [-0.1, -0.05) is 12.1 Å². The van der Waals surface area contributed by atoms with E-state index in [0.717, 1.165) is 0 Å². The second kappa shape index (κ2) is 7.15. The lowest BCUT2D eigenvalue weighted by atomic mass is 10.2. The third-order valence-electron chi connectivity index (χ3n) is 4.18. The van der Waals surface area contributed by atoms with Gasteiger partial charge in [0.25, 0.3) is 15.9 Å². The number of sulfonamides is 1. The van der Waals surface area contributed by atoms with E-state index in [1.54, 1.807) is 30.3 Å². The quantitative estimate of drug-likeness (QED) is 0.464. The van der Waals surface area contributed by atoms with E-state index in [1.807, 2.05) is 0 Å². The van der Waals surface area contributed by atoms with Crippen LogP contribution >= 0.6 is 0 Å². The topological polar surface area (TPSA) is 117 Å². The Morgan fingerprint density at radius 2 is 1.97 bits per heavy atom. The van der Waals surface area contributed by atoms with E-state index in [9.17, 15) is 17.6 Å². The number of furan rings is 1. The molecule has 2 aromatic heterocycles. The number of carbonyl (C=O) groups is 1. The SMILES string of the molecule is CNS(=O)(=O)c1ccc(C(=O)Nc2ccc3nc(-c4cccc(F)c4)[nH]c3c2)o1. The molecule has 0 atom stereocenters. The fourth-order valence-electron chi connectivity index (χ4n) is 2.74. The van der Waals surface area contributed by atoms with Crippen LogP contribution in [0.1, 0.15) is 10.6 Å². The normalized spacial score (nSPS) is 11.7. The maximum atomic E-state index is 13.4. The first kappa shape index (κ1) is 18.8. The van der Waals surface area contributed by atoms with Crippen molar-refractivity contribution in [2.75, 3.05) is 12.4 Å². The average molecular weight is 414 g/mol. The molecule has 8 nitrogen and oxygen atoms in total. The average Bonchev–Trinajstić information content (AvgIpc) is 3.35. The molecule has 29 heavy (non-hydrogen) atoms. The molecule has 0 aliphatic carbocycles. The Balaban J connectivity index is 1.58. The molecule has 0 aliphatic rings. The van der Waals surface area contributed by atoms with E-state index in [1.165, 1.54) is 31.3 Å². The Bertz CT molecular complexity index is 1330. The van der Waals surface area contributed by atoms with Crippen molar-refractivity contribution in [1.82, 2.24) is 14.7 Å². The minimum atomic E-state index is -3.78. The zero-order chi connectivity index (χ0) is 20.6. The third-order valence-corrected chi connectivity index (χ3v) is 5.46. The largest absolute Gasteiger partial charge is 0.438 e. The fraction of sp³-hybridized carbons (Fsp3) is 0.0526. The number of aromatic amines is 1. The number of nitrogens with one attached hydrogen (secondary N) is 3. The molecule has 0 saturated carbocycles. The number of anilines is 1. The summed E-state index contributed by atoms with van der Waals surface area (Å²) in [5.41, 5.74) is 2.33. The van der Waals surface area contributed by atoms with Crippen LogP contribution in [0.25, 0.3) is 22.4 Å². The van der Waals surface area contributed by atoms with Gasteiger partial charge in [0.15, 0.2) is 5.76 Å². The number of imidazole rings is 1. The number of benzene rings is 2. The van der Waals surface area contributed by atoms with Crippen molar-refractivity contribution in [2.45, 2.75) is 5.09 Å². The number of aromatic nitrogens is 2. The number of rotatable bonds is 5. The highest BCUT2D eigenvalue weighted by atomic mass is 32.2. The number of hydrogen-bond donors (Lipinski definition) is 3. The van der Waals surface area contributed by atoms with Crippen molar-refractivity contribution < 1.29 is 22.0 Å². The Morgan fingerprint density at radius 1 is 1.14 bits per heavy atom. The zero-order valence-electron chi connectivity index (χ0n) is 15.1. The van der Waals surface area contributed by atoms with Crippen LogP contribution in [0.3, 0.4) is 0 Å². The van der Waals surface area contributed by atoms with E-state index in [-0.39, 0.29) is 16.7 Å². The number of hydrogen-bond acceptors (Lipinski definition) is 5. The summed E-state index contributed by atoms with van der Waals surface area (Å²) in [5.74, 6) is -0.624. The highest BCUT2D eigenvalue weighted by Gasteiger charge is 2.19. The maximum absolute atomic E-state index is 13.4. The first-order chi connectivity index (χ1) is 13.9. The standard InChI is InChI=1S/C19H15FN4O4S/c1-21-29(26,27)17-8-7-16(28-17)19(25)22-13-5-6-14-15(10-13)24-18(23-14)11-3-2-4-12(20)9-11/h2-10,21H,1H3,(H,22,25)(H,23,24). The third kappa shape index (κ3) is 3.75. The minimum absolute atomic E-state index is 0.149. The van der Waals surface area contributed by atoms with Crippen LogP contribution in [0.2, 0.25) is 0 Å². The molecule has 4 rings (SSSR count). The lowest BCUT2D eigenvalue weighted by molar-refractivity contribution is 0.0991. The monoisotopic (exact) mass is 414 g/mol. The number of halogens is 1. The molecule has 3 N–H and O–H groups in total. The van der Waals surface area contributed by atoms with Gasteiger partial charge in [0.1, 0.15) is 11.6 Å². The smallest absolute Gasteiger partial charge is 0.291 e. The van der Waals surface area contributed by atoms with Crippen molar-refractivity contribution in [3.05, 3.63) is 66.2 Å². The van der Waals surface area contributed by atoms with Crippen LogP contribution in [0, 0.1) is 5.82 Å². The molecular formula is C19H15FN4O4S. The van der Waals surface area contributed by atoms with Gasteiger partial charge in [-0.15, -0.1) is 0 Å². The van der Waals surface area contributed by atoms with Gasteiger partial charge in [0, 0.05) is 11.3 Å². The van der Waals surface area contributed by atoms with Crippen LogP contribution in [-0.2, 0) is 10.0 Å². The van der Waals surface area contributed by atoms with Crippen LogP contribution < -0.4 is 10.0 Å². The Morgan fingerprint density at radius 3 is 2.72 bits per heavy atom. The van der Waals surface area contributed by atoms with E-state index in [0.29, 0.717) is 28.1 Å². The van der Waals surface area contributed by atoms with Crippen LogP contribution in [-0.4, -0.2) is 31.3 Å². The number of H-pyrrole nitrogens is 1. The van der Waals surface area contributed by atoms with Crippen molar-refractivity contribution in [3.8, 4) is 11.4 Å². The molecular weight excluding hydrogens is 399 g/mol. The molecule has 148 valence electrons. The van der Waals surface area contributed by atoms with E-state index in [4.69, 9.17) is 4.42 Å². The number of amides is 1. The summed E-state index contributed by atoms with van der Waals surface area (Å²) < 4.78 is 44.1. The van der Waals surface area contributed by atoms with Crippen molar-refractivity contribution in [2.24, 2.45) is 0 Å². The fourth-order valence-corrected chi connectivity index (χ4v) is 3.39. The van der Waals surface area contributed by atoms with Gasteiger partial charge in [-0.25, -0.2) is 22.5 Å². The zero-order valence-corrected chi connectivity index (χ0v) is 15.9. The number of nitrogens with zero attached hydrogens (tertiary/aromatic N) is 1. The summed E-state index contributed by atoms with van der Waals surface area (Å²) in [7, 11) is -2.53. The van der Waals surface area contributed by atoms with E-state index in [2.05, 4.69) is 20.0 Å². The molecule has 0 fully saturated rings. The summed E-state index contributed by atoms with van der Waals surface area (Å²) in [6, 6.07) is 13.5. The molecule has 2 aromatic carbocycles. The molecule has 0 spiro atoms. The Labute approximate surface area is 164 Å². The summed E-state index contributed by atoms with van der Waals surface area (Å²) >= 11 is 0. The number of fused-ring (bicyclic) bond motifs is 1. The molecule has 4 aromatic rings. The van der Waals surface area contributed by atoms with Gasteiger partial charge in [0.05, 0.1) is 11.0 Å². The summed E-state index contributed by atoms with van der Waals surface area (Å²) in [4.78, 5) is 19.9. The molecule has 0 aliphatic heterocycles. The molecule has 0 unspecified atom stereocenters. The van der Waals surface area contributed by atoms with Gasteiger partial charge in [-0.2, -0.15) is 0 Å². The second-order valence-electron chi connectivity index (χ2n) is 6.11. The number of carbonyl (C=O) groups excluding carboxylic acids is 1. The van der Waals surface area contributed by atoms with Crippen molar-refractivity contribution in [3.63, 3.8) is 0 Å². The molecule has 0 saturated heterocycles. The van der Waals surface area contributed by atoms with Crippen LogP contribution in [0.15, 0.2) is 64.1 Å². The minimum Gasteiger partial charge on any atom is -0.438 e. The van der Waals surface area contributed by atoms with Crippen LogP contribution in [0.4, 0.5) is 10.1 Å². The van der Waals surface area contributed by atoms with Gasteiger partial charge < -0.3 is 14.7 Å². The maximum Gasteiger partial charge on any atom is 0.291 e. The first-order valence-corrected chi connectivity index (χ1v) is 9.94. The lowest BCUT2D eigenvalue weighted by Crippen LogP contribution is -2.18. The predicted octanol–water partition coefficient (Wildman–Crippen LogP) is 3.12. The van der Waals surface area contributed by atoms with Gasteiger partial charge in [0.2, 0.25) is 5.09 Å². The highest BCUT2D eigenvalue weighted by Crippen LogP contribution is 2.24. The van der Waals surface area contributed by atoms with Gasteiger partial charge in [-0.3, -0.25) is 4.79 Å². The molecule has 2 heterocycles. The summed E-state index contributed by atoms with van der Waals surface area (Å²) in [6.45, 7) is 0.